The Bertz CT molecular complexity index is 717. The summed E-state index contributed by atoms with van der Waals surface area (Å²) in [5.41, 5.74) is 0.918. The van der Waals surface area contributed by atoms with Gasteiger partial charge in [0.2, 0.25) is 0 Å². The van der Waals surface area contributed by atoms with Crippen LogP contribution in [0, 0.1) is 6.92 Å². The molecule has 0 aliphatic carbocycles. The second-order valence-corrected chi connectivity index (χ2v) is 4.86. The molecule has 21 heavy (non-hydrogen) atoms. The third kappa shape index (κ3) is 3.13. The van der Waals surface area contributed by atoms with Gasteiger partial charge in [0.25, 0.3) is 5.56 Å². The number of rotatable bonds is 4. The van der Waals surface area contributed by atoms with Gasteiger partial charge in [0.1, 0.15) is 5.75 Å². The van der Waals surface area contributed by atoms with Crippen LogP contribution in [0.4, 0.5) is 0 Å². The maximum absolute atomic E-state index is 12.2. The Morgan fingerprint density at radius 3 is 2.81 bits per heavy atom. The van der Waals surface area contributed by atoms with Gasteiger partial charge in [0.15, 0.2) is 0 Å². The van der Waals surface area contributed by atoms with E-state index >= 15 is 0 Å². The number of hydrogen-bond acceptors (Lipinski definition) is 5. The molecule has 7 heteroatoms. The van der Waals surface area contributed by atoms with Gasteiger partial charge < -0.3 is 14.8 Å². The predicted molar refractivity (Wildman–Crippen MR) is 75.1 cm³/mol. The topological polar surface area (TPSA) is 97.2 Å². The summed E-state index contributed by atoms with van der Waals surface area (Å²) in [6.07, 6.45) is 3.21. The van der Waals surface area contributed by atoms with Crippen LogP contribution in [0.3, 0.4) is 0 Å². The number of nitrogens with zero attached hydrogens (tertiary/aromatic N) is 2. The van der Waals surface area contributed by atoms with Crippen molar-refractivity contribution < 1.29 is 14.6 Å². The zero-order valence-corrected chi connectivity index (χ0v) is 12.1. The zero-order valence-electron chi connectivity index (χ0n) is 12.1. The number of nitrogens with one attached hydrogen (secondary N) is 1. The summed E-state index contributed by atoms with van der Waals surface area (Å²) in [6.45, 7) is 1.67. The fourth-order valence-electron chi connectivity index (χ4n) is 2.28. The number of aromatic hydroxyl groups is 1. The van der Waals surface area contributed by atoms with E-state index in [1.807, 2.05) is 0 Å². The van der Waals surface area contributed by atoms with Gasteiger partial charge in [-0.2, -0.15) is 5.10 Å². The minimum Gasteiger partial charge on any atom is -0.507 e. The minimum atomic E-state index is -0.615. The summed E-state index contributed by atoms with van der Waals surface area (Å²) in [5, 5.41) is 14.1. The molecule has 0 aromatic carbocycles. The van der Waals surface area contributed by atoms with Crippen LogP contribution in [0.5, 0.6) is 5.75 Å². The first kappa shape index (κ1) is 14.8. The number of carbonyl (C=O) groups excluding carboxylic acids is 1. The first-order valence-corrected chi connectivity index (χ1v) is 6.40. The molecule has 0 bridgehead atoms. The molecule has 2 N–H and O–H groups in total. The van der Waals surface area contributed by atoms with E-state index in [0.717, 1.165) is 0 Å². The van der Waals surface area contributed by atoms with Crippen LogP contribution in [0.25, 0.3) is 0 Å². The Kier molecular flexibility index (Phi) is 4.11. The summed E-state index contributed by atoms with van der Waals surface area (Å²) < 4.78 is 6.24. The van der Waals surface area contributed by atoms with E-state index in [0.29, 0.717) is 11.3 Å². The standard InChI is InChI=1S/C14H17N3O4/c1-8-4-11(18)13(14(20)16-8)10(5-12(19)21-3)9-6-15-17(2)7-9/h4,6-7,10H,5H2,1-3H3,(H2,16,18,20)/t10-/m1/s1. The normalized spacial score (nSPS) is 12.1. The molecule has 0 aliphatic rings. The van der Waals surface area contributed by atoms with Crippen LogP contribution < -0.4 is 5.56 Å². The number of hydrogen-bond donors (Lipinski definition) is 2. The number of pyridine rings is 1. The van der Waals surface area contributed by atoms with Crippen molar-refractivity contribution >= 4 is 5.97 Å². The number of aromatic nitrogens is 3. The van der Waals surface area contributed by atoms with Gasteiger partial charge in [-0.15, -0.1) is 0 Å². The number of carbonyl (C=O) groups is 1. The molecule has 112 valence electrons. The number of H-pyrrole nitrogens is 1. The number of aromatic amines is 1. The molecule has 0 saturated heterocycles. The molecule has 0 aliphatic heterocycles. The Morgan fingerprint density at radius 2 is 2.29 bits per heavy atom. The molecular formula is C14H17N3O4. The highest BCUT2D eigenvalue weighted by molar-refractivity contribution is 5.71. The number of ether oxygens (including phenoxy) is 1. The molecule has 1 atom stereocenters. The summed E-state index contributed by atoms with van der Waals surface area (Å²) >= 11 is 0. The van der Waals surface area contributed by atoms with Gasteiger partial charge in [-0.25, -0.2) is 0 Å². The number of methoxy groups -OCH3 is 1. The van der Waals surface area contributed by atoms with Gasteiger partial charge >= 0.3 is 5.97 Å². The Hall–Kier alpha value is -2.57. The van der Waals surface area contributed by atoms with Crippen molar-refractivity contribution in [2.45, 2.75) is 19.3 Å². The molecular weight excluding hydrogens is 274 g/mol. The Morgan fingerprint density at radius 1 is 1.57 bits per heavy atom. The van der Waals surface area contributed by atoms with Gasteiger partial charge in [-0.1, -0.05) is 0 Å². The molecule has 7 nitrogen and oxygen atoms in total. The lowest BCUT2D eigenvalue weighted by Gasteiger charge is -2.15. The average Bonchev–Trinajstić information content (AvgIpc) is 2.82. The highest BCUT2D eigenvalue weighted by Crippen LogP contribution is 2.31. The lowest BCUT2D eigenvalue weighted by molar-refractivity contribution is -0.140. The fraction of sp³-hybridized carbons (Fsp3) is 0.357. The van der Waals surface area contributed by atoms with Crippen molar-refractivity contribution in [2.24, 2.45) is 7.05 Å². The number of aryl methyl sites for hydroxylation is 2. The Balaban J connectivity index is 2.55. The van der Waals surface area contributed by atoms with Crippen molar-refractivity contribution in [3.8, 4) is 5.75 Å². The molecule has 2 aromatic heterocycles. The van der Waals surface area contributed by atoms with E-state index in [2.05, 4.69) is 14.8 Å². The molecule has 0 saturated carbocycles. The lowest BCUT2D eigenvalue weighted by Crippen LogP contribution is -2.20. The van der Waals surface area contributed by atoms with Crippen LogP contribution in [-0.4, -0.2) is 33.0 Å². The van der Waals surface area contributed by atoms with Gasteiger partial charge in [0, 0.05) is 24.9 Å². The van der Waals surface area contributed by atoms with Crippen LogP contribution >= 0.6 is 0 Å². The quantitative estimate of drug-likeness (QED) is 0.813. The van der Waals surface area contributed by atoms with Crippen LogP contribution in [0.1, 0.15) is 29.2 Å². The highest BCUT2D eigenvalue weighted by atomic mass is 16.5. The van der Waals surface area contributed by atoms with Gasteiger partial charge in [0.05, 0.1) is 25.3 Å². The van der Waals surface area contributed by atoms with E-state index in [1.54, 1.807) is 31.0 Å². The number of esters is 1. The summed E-state index contributed by atoms with van der Waals surface area (Å²) in [5.74, 6) is -1.23. The molecule has 0 radical (unpaired) electrons. The van der Waals surface area contributed by atoms with E-state index in [-0.39, 0.29) is 17.7 Å². The third-order valence-corrected chi connectivity index (χ3v) is 3.26. The summed E-state index contributed by atoms with van der Waals surface area (Å²) in [7, 11) is 3.01. The Labute approximate surface area is 121 Å². The molecule has 2 aromatic rings. The van der Waals surface area contributed by atoms with Crippen molar-refractivity contribution in [3.05, 3.63) is 45.6 Å². The molecule has 0 unspecified atom stereocenters. The molecule has 2 rings (SSSR count). The van der Waals surface area contributed by atoms with E-state index in [1.165, 1.54) is 13.2 Å². The fourth-order valence-corrected chi connectivity index (χ4v) is 2.28. The van der Waals surface area contributed by atoms with Crippen molar-refractivity contribution in [3.63, 3.8) is 0 Å². The maximum Gasteiger partial charge on any atom is 0.306 e. The van der Waals surface area contributed by atoms with E-state index < -0.39 is 17.4 Å². The minimum absolute atomic E-state index is 0.0537. The zero-order chi connectivity index (χ0) is 15.6. The van der Waals surface area contributed by atoms with Crippen LogP contribution in [-0.2, 0) is 16.6 Å². The third-order valence-electron chi connectivity index (χ3n) is 3.26. The van der Waals surface area contributed by atoms with Crippen LogP contribution in [0.2, 0.25) is 0 Å². The maximum atomic E-state index is 12.2. The lowest BCUT2D eigenvalue weighted by atomic mass is 9.90. The van der Waals surface area contributed by atoms with Crippen molar-refractivity contribution in [1.82, 2.24) is 14.8 Å². The predicted octanol–water partition coefficient (Wildman–Crippen LogP) is 0.817. The average molecular weight is 291 g/mol. The van der Waals surface area contributed by atoms with E-state index in [4.69, 9.17) is 0 Å². The monoisotopic (exact) mass is 291 g/mol. The van der Waals surface area contributed by atoms with Crippen molar-refractivity contribution in [2.75, 3.05) is 7.11 Å². The first-order chi connectivity index (χ1) is 9.92. The second-order valence-electron chi connectivity index (χ2n) is 4.86. The molecule has 0 amide bonds. The molecule has 2 heterocycles. The second kappa shape index (κ2) is 5.82. The van der Waals surface area contributed by atoms with Crippen LogP contribution in [0.15, 0.2) is 23.3 Å². The molecule has 0 spiro atoms. The summed E-state index contributed by atoms with van der Waals surface area (Å²) in [4.78, 5) is 26.4. The highest BCUT2D eigenvalue weighted by Gasteiger charge is 2.26. The summed E-state index contributed by atoms with van der Waals surface area (Å²) in [6, 6.07) is 1.46. The SMILES string of the molecule is COC(=O)C[C@H](c1cnn(C)c1)c1c(O)cc(C)[nH]c1=O. The largest absolute Gasteiger partial charge is 0.507 e. The van der Waals surface area contributed by atoms with Gasteiger partial charge in [-0.05, 0) is 18.6 Å². The smallest absolute Gasteiger partial charge is 0.306 e. The van der Waals surface area contributed by atoms with Crippen molar-refractivity contribution in [1.29, 1.82) is 0 Å². The first-order valence-electron chi connectivity index (χ1n) is 6.40. The molecule has 0 fully saturated rings. The van der Waals surface area contributed by atoms with Gasteiger partial charge in [-0.3, -0.25) is 14.3 Å². The van der Waals surface area contributed by atoms with E-state index in [9.17, 15) is 14.7 Å².